The Balaban J connectivity index is 2.27. The normalized spacial score (nSPS) is 12.2. The van der Waals surface area contributed by atoms with Gasteiger partial charge in [0.15, 0.2) is 0 Å². The zero-order valence-electron chi connectivity index (χ0n) is 9.95. The highest BCUT2D eigenvalue weighted by molar-refractivity contribution is 6.34. The highest BCUT2D eigenvalue weighted by Gasteiger charge is 2.12. The van der Waals surface area contributed by atoms with Crippen LogP contribution in [-0.2, 0) is 0 Å². The number of nitrogen functional groups attached to an aromatic ring is 1. The molecule has 94 valence electrons. The quantitative estimate of drug-likeness (QED) is 0.797. The Morgan fingerprint density at radius 3 is 2.33 bits per heavy atom. The van der Waals surface area contributed by atoms with Crippen LogP contribution in [0, 0.1) is 0 Å². The van der Waals surface area contributed by atoms with Crippen LogP contribution in [-0.4, -0.2) is 0 Å². The lowest BCUT2D eigenvalue weighted by Gasteiger charge is -2.19. The first-order valence-corrected chi connectivity index (χ1v) is 6.40. The molecule has 0 aliphatic rings. The molecule has 0 aliphatic carbocycles. The summed E-state index contributed by atoms with van der Waals surface area (Å²) in [6.07, 6.45) is 0. The van der Waals surface area contributed by atoms with Crippen molar-refractivity contribution < 1.29 is 0 Å². The van der Waals surface area contributed by atoms with Gasteiger partial charge in [0.05, 0.1) is 22.4 Å². The number of rotatable bonds is 3. The van der Waals surface area contributed by atoms with Crippen molar-refractivity contribution in [2.24, 2.45) is 0 Å². The second-order valence-electron chi connectivity index (χ2n) is 4.09. The van der Waals surface area contributed by atoms with E-state index in [0.29, 0.717) is 10.7 Å². The van der Waals surface area contributed by atoms with Crippen molar-refractivity contribution in [2.45, 2.75) is 13.0 Å². The van der Waals surface area contributed by atoms with Gasteiger partial charge in [-0.15, -0.1) is 0 Å². The van der Waals surface area contributed by atoms with E-state index in [1.807, 2.05) is 43.3 Å². The summed E-state index contributed by atoms with van der Waals surface area (Å²) in [5, 5.41) is 4.62. The van der Waals surface area contributed by atoms with E-state index in [4.69, 9.17) is 28.9 Å². The van der Waals surface area contributed by atoms with Crippen LogP contribution in [0.25, 0.3) is 0 Å². The lowest BCUT2D eigenvalue weighted by Crippen LogP contribution is -2.09. The summed E-state index contributed by atoms with van der Waals surface area (Å²) in [6, 6.07) is 13.2. The largest absolute Gasteiger partial charge is 0.397 e. The van der Waals surface area contributed by atoms with E-state index in [1.54, 1.807) is 6.07 Å². The van der Waals surface area contributed by atoms with Gasteiger partial charge < -0.3 is 11.1 Å². The van der Waals surface area contributed by atoms with Crippen molar-refractivity contribution in [2.75, 3.05) is 11.1 Å². The first-order chi connectivity index (χ1) is 8.59. The van der Waals surface area contributed by atoms with Crippen LogP contribution in [0.5, 0.6) is 0 Å². The highest BCUT2D eigenvalue weighted by atomic mass is 35.5. The van der Waals surface area contributed by atoms with Gasteiger partial charge >= 0.3 is 0 Å². The van der Waals surface area contributed by atoms with E-state index < -0.39 is 0 Å². The number of halogens is 2. The summed E-state index contributed by atoms with van der Waals surface area (Å²) >= 11 is 12.3. The van der Waals surface area contributed by atoms with Crippen molar-refractivity contribution in [3.8, 4) is 0 Å². The molecule has 0 fully saturated rings. The van der Waals surface area contributed by atoms with Gasteiger partial charge in [0.2, 0.25) is 0 Å². The average Bonchev–Trinajstić information content (AvgIpc) is 2.34. The van der Waals surface area contributed by atoms with E-state index in [9.17, 15) is 0 Å². The molecule has 3 N–H and O–H groups in total. The third kappa shape index (κ3) is 2.71. The molecule has 0 aromatic heterocycles. The predicted molar refractivity (Wildman–Crippen MR) is 79.4 cm³/mol. The van der Waals surface area contributed by atoms with Crippen molar-refractivity contribution in [3.63, 3.8) is 0 Å². The van der Waals surface area contributed by atoms with Crippen molar-refractivity contribution in [1.29, 1.82) is 0 Å². The van der Waals surface area contributed by atoms with E-state index in [0.717, 1.165) is 16.3 Å². The van der Waals surface area contributed by atoms with Crippen molar-refractivity contribution in [3.05, 3.63) is 58.1 Å². The number of hydrogen-bond donors (Lipinski definition) is 2. The molecule has 0 spiro atoms. The number of anilines is 2. The summed E-state index contributed by atoms with van der Waals surface area (Å²) in [4.78, 5) is 0. The van der Waals surface area contributed by atoms with Crippen LogP contribution >= 0.6 is 23.2 Å². The summed E-state index contributed by atoms with van der Waals surface area (Å²) in [7, 11) is 0. The Hall–Kier alpha value is -1.38. The maximum absolute atomic E-state index is 6.16. The highest BCUT2D eigenvalue weighted by Crippen LogP contribution is 2.32. The lowest BCUT2D eigenvalue weighted by atomic mass is 10.1. The Labute approximate surface area is 117 Å². The molecule has 1 atom stereocenters. The molecule has 0 amide bonds. The molecule has 0 bridgehead atoms. The standard InChI is InChI=1S/C14H14Cl2N2/c1-9(10-5-2-3-6-11(10)15)18-14-12(16)7-4-8-13(14)17/h2-9,18H,17H2,1H3. The molecule has 1 unspecified atom stereocenters. The minimum absolute atomic E-state index is 0.0286. The van der Waals surface area contributed by atoms with Crippen LogP contribution in [0.1, 0.15) is 18.5 Å². The molecule has 0 radical (unpaired) electrons. The Morgan fingerprint density at radius 2 is 1.67 bits per heavy atom. The first-order valence-electron chi connectivity index (χ1n) is 5.64. The van der Waals surface area contributed by atoms with Gasteiger partial charge in [-0.05, 0) is 30.7 Å². The fourth-order valence-corrected chi connectivity index (χ4v) is 2.35. The predicted octanol–water partition coefficient (Wildman–Crippen LogP) is 4.75. The monoisotopic (exact) mass is 280 g/mol. The average molecular weight is 281 g/mol. The van der Waals surface area contributed by atoms with E-state index in [1.165, 1.54) is 0 Å². The fraction of sp³-hybridized carbons (Fsp3) is 0.143. The minimum Gasteiger partial charge on any atom is -0.397 e. The maximum atomic E-state index is 6.16. The molecule has 0 aliphatic heterocycles. The van der Waals surface area contributed by atoms with E-state index >= 15 is 0 Å². The summed E-state index contributed by atoms with van der Waals surface area (Å²) in [6.45, 7) is 2.02. The molecular formula is C14H14Cl2N2. The fourth-order valence-electron chi connectivity index (χ4n) is 1.81. The molecule has 0 heterocycles. The molecule has 18 heavy (non-hydrogen) atoms. The summed E-state index contributed by atoms with van der Waals surface area (Å²) < 4.78 is 0. The zero-order chi connectivity index (χ0) is 13.1. The van der Waals surface area contributed by atoms with Gasteiger partial charge in [-0.25, -0.2) is 0 Å². The summed E-state index contributed by atoms with van der Waals surface area (Å²) in [5.41, 5.74) is 8.29. The third-order valence-electron chi connectivity index (χ3n) is 2.78. The van der Waals surface area contributed by atoms with Crippen LogP contribution in [0.4, 0.5) is 11.4 Å². The summed E-state index contributed by atoms with van der Waals surface area (Å²) in [5.74, 6) is 0. The molecule has 2 rings (SSSR count). The zero-order valence-corrected chi connectivity index (χ0v) is 11.5. The first kappa shape index (κ1) is 13.1. The Bertz CT molecular complexity index is 535. The molecule has 2 aromatic carbocycles. The van der Waals surface area contributed by atoms with Gasteiger partial charge in [0, 0.05) is 5.02 Å². The number of nitrogens with one attached hydrogen (secondary N) is 1. The third-order valence-corrected chi connectivity index (χ3v) is 3.44. The van der Waals surface area contributed by atoms with Crippen LogP contribution in [0.2, 0.25) is 10.0 Å². The lowest BCUT2D eigenvalue weighted by molar-refractivity contribution is 0.886. The second-order valence-corrected chi connectivity index (χ2v) is 4.91. The Morgan fingerprint density at radius 1 is 1.00 bits per heavy atom. The van der Waals surface area contributed by atoms with Gasteiger partial charge in [-0.2, -0.15) is 0 Å². The topological polar surface area (TPSA) is 38.0 Å². The number of benzene rings is 2. The van der Waals surface area contributed by atoms with Gasteiger partial charge in [0.25, 0.3) is 0 Å². The molecule has 0 saturated heterocycles. The molecule has 4 heteroatoms. The second kappa shape index (κ2) is 5.51. The maximum Gasteiger partial charge on any atom is 0.0767 e. The number of hydrogen-bond acceptors (Lipinski definition) is 2. The van der Waals surface area contributed by atoms with E-state index in [-0.39, 0.29) is 6.04 Å². The van der Waals surface area contributed by atoms with Gasteiger partial charge in [-0.3, -0.25) is 0 Å². The van der Waals surface area contributed by atoms with Crippen molar-refractivity contribution in [1.82, 2.24) is 0 Å². The van der Waals surface area contributed by atoms with Gasteiger partial charge in [-0.1, -0.05) is 47.5 Å². The van der Waals surface area contributed by atoms with Crippen LogP contribution in [0.15, 0.2) is 42.5 Å². The van der Waals surface area contributed by atoms with Crippen LogP contribution < -0.4 is 11.1 Å². The van der Waals surface area contributed by atoms with E-state index in [2.05, 4.69) is 5.32 Å². The minimum atomic E-state index is 0.0286. The number of nitrogens with two attached hydrogens (primary N) is 1. The SMILES string of the molecule is CC(Nc1c(N)cccc1Cl)c1ccccc1Cl. The smallest absolute Gasteiger partial charge is 0.0767 e. The Kier molecular flexibility index (Phi) is 4.00. The van der Waals surface area contributed by atoms with Crippen molar-refractivity contribution >= 4 is 34.6 Å². The molecule has 2 nitrogen and oxygen atoms in total. The molecular weight excluding hydrogens is 267 g/mol. The molecule has 2 aromatic rings. The molecule has 0 saturated carbocycles. The van der Waals surface area contributed by atoms with Gasteiger partial charge in [0.1, 0.15) is 0 Å². The van der Waals surface area contributed by atoms with Crippen LogP contribution in [0.3, 0.4) is 0 Å². The number of para-hydroxylation sites is 1.